The smallest absolute Gasteiger partial charge is 0.242 e. The standard InChI is InChI=1S/C6H2I2N2O2/c7-5(11)3-1-9-4(2-10-3)6(8)12/h1-2H. The van der Waals surface area contributed by atoms with Gasteiger partial charge in [-0.25, -0.2) is 9.97 Å². The van der Waals surface area contributed by atoms with Crippen LogP contribution in [0.5, 0.6) is 0 Å². The van der Waals surface area contributed by atoms with Gasteiger partial charge in [-0.2, -0.15) is 0 Å². The van der Waals surface area contributed by atoms with E-state index in [0.29, 0.717) is 0 Å². The zero-order valence-corrected chi connectivity index (χ0v) is 9.94. The van der Waals surface area contributed by atoms with Gasteiger partial charge >= 0.3 is 0 Å². The van der Waals surface area contributed by atoms with Crippen LogP contribution in [-0.4, -0.2) is 17.5 Å². The lowest BCUT2D eigenvalue weighted by molar-refractivity contribution is 0.108. The summed E-state index contributed by atoms with van der Waals surface area (Å²) in [4.78, 5) is 29.0. The number of rotatable bonds is 2. The van der Waals surface area contributed by atoms with Crippen LogP contribution in [0.25, 0.3) is 0 Å². The fraction of sp³-hybridized carbons (Fsp3) is 0. The molecule has 12 heavy (non-hydrogen) atoms. The quantitative estimate of drug-likeness (QED) is 0.571. The highest BCUT2D eigenvalue weighted by molar-refractivity contribution is 14.1. The molecule has 0 radical (unpaired) electrons. The number of halogens is 2. The topological polar surface area (TPSA) is 59.9 Å². The van der Waals surface area contributed by atoms with E-state index in [4.69, 9.17) is 0 Å². The first-order valence-corrected chi connectivity index (χ1v) is 4.98. The zero-order chi connectivity index (χ0) is 9.14. The second kappa shape index (κ2) is 4.21. The van der Waals surface area contributed by atoms with E-state index >= 15 is 0 Å². The van der Waals surface area contributed by atoms with Crippen molar-refractivity contribution >= 4 is 52.8 Å². The molecule has 0 saturated carbocycles. The van der Waals surface area contributed by atoms with E-state index in [0.717, 1.165) is 0 Å². The average molecular weight is 388 g/mol. The Morgan fingerprint density at radius 1 is 1.00 bits per heavy atom. The second-order valence-corrected chi connectivity index (χ2v) is 3.79. The van der Waals surface area contributed by atoms with Crippen LogP contribution in [0.1, 0.15) is 21.0 Å². The molecule has 0 atom stereocenters. The van der Waals surface area contributed by atoms with Crippen LogP contribution in [0.2, 0.25) is 0 Å². The van der Waals surface area contributed by atoms with Crippen LogP contribution in [0.4, 0.5) is 0 Å². The van der Waals surface area contributed by atoms with Crippen LogP contribution in [0, 0.1) is 0 Å². The summed E-state index contributed by atoms with van der Waals surface area (Å²) < 4.78 is -0.375. The molecule has 62 valence electrons. The van der Waals surface area contributed by atoms with Crippen molar-refractivity contribution in [2.75, 3.05) is 0 Å². The zero-order valence-electron chi connectivity index (χ0n) is 5.62. The van der Waals surface area contributed by atoms with Gasteiger partial charge in [0.15, 0.2) is 0 Å². The third kappa shape index (κ3) is 2.44. The predicted molar refractivity (Wildman–Crippen MR) is 58.7 cm³/mol. The van der Waals surface area contributed by atoms with Crippen molar-refractivity contribution < 1.29 is 9.59 Å². The molecule has 6 heteroatoms. The summed E-state index contributed by atoms with van der Waals surface area (Å²) in [6, 6.07) is 0. The number of nitrogens with zero attached hydrogens (tertiary/aromatic N) is 2. The molecular formula is C6H2I2N2O2. The number of carbonyl (C=O) groups excluding carboxylic acids is 2. The molecule has 0 aliphatic carbocycles. The van der Waals surface area contributed by atoms with E-state index in [2.05, 4.69) is 9.97 Å². The van der Waals surface area contributed by atoms with Gasteiger partial charge in [-0.1, -0.05) is 0 Å². The predicted octanol–water partition coefficient (Wildman–Crippen LogP) is 1.63. The molecule has 0 aromatic carbocycles. The van der Waals surface area contributed by atoms with Crippen LogP contribution in [-0.2, 0) is 0 Å². The monoisotopic (exact) mass is 388 g/mol. The van der Waals surface area contributed by atoms with Crippen LogP contribution >= 0.6 is 45.2 Å². The van der Waals surface area contributed by atoms with Gasteiger partial charge in [0.2, 0.25) is 7.58 Å². The molecule has 0 aliphatic heterocycles. The van der Waals surface area contributed by atoms with Crippen molar-refractivity contribution in [2.24, 2.45) is 0 Å². The van der Waals surface area contributed by atoms with Gasteiger partial charge < -0.3 is 0 Å². The summed E-state index contributed by atoms with van der Waals surface area (Å²) >= 11 is 3.22. The second-order valence-electron chi connectivity index (χ2n) is 1.83. The van der Waals surface area contributed by atoms with E-state index in [9.17, 15) is 9.59 Å². The number of carbonyl (C=O) groups is 2. The molecule has 1 aromatic rings. The Labute approximate surface area is 95.4 Å². The minimum absolute atomic E-state index is 0.187. The van der Waals surface area contributed by atoms with Crippen LogP contribution < -0.4 is 0 Å². The Bertz CT molecular complexity index is 290. The van der Waals surface area contributed by atoms with Gasteiger partial charge in [-0.15, -0.1) is 0 Å². The third-order valence-electron chi connectivity index (χ3n) is 1.05. The summed E-state index contributed by atoms with van der Waals surface area (Å²) in [6.07, 6.45) is 2.58. The van der Waals surface area contributed by atoms with Crippen molar-refractivity contribution in [3.8, 4) is 0 Å². The summed E-state index contributed by atoms with van der Waals surface area (Å²) in [7, 11) is 0. The maximum atomic E-state index is 10.7. The summed E-state index contributed by atoms with van der Waals surface area (Å²) in [6.45, 7) is 0. The molecule has 0 aliphatic rings. The summed E-state index contributed by atoms with van der Waals surface area (Å²) in [5.74, 6) is 0. The largest absolute Gasteiger partial charge is 0.280 e. The lowest BCUT2D eigenvalue weighted by atomic mass is 10.4. The maximum absolute atomic E-state index is 10.7. The van der Waals surface area contributed by atoms with Gasteiger partial charge in [-0.05, 0) is 0 Å². The Kier molecular flexibility index (Phi) is 3.50. The molecule has 0 N–H and O–H groups in total. The van der Waals surface area contributed by atoms with Gasteiger partial charge in [-0.3, -0.25) is 9.59 Å². The highest BCUT2D eigenvalue weighted by atomic mass is 127. The lowest BCUT2D eigenvalue weighted by Gasteiger charge is -1.93. The molecule has 4 nitrogen and oxygen atoms in total. The molecule has 0 amide bonds. The molecule has 1 rings (SSSR count). The fourth-order valence-corrected chi connectivity index (χ4v) is 1.09. The third-order valence-corrected chi connectivity index (χ3v) is 2.16. The molecule has 0 fully saturated rings. The minimum atomic E-state index is -0.187. The Morgan fingerprint density at radius 2 is 1.33 bits per heavy atom. The Morgan fingerprint density at radius 3 is 1.50 bits per heavy atom. The van der Waals surface area contributed by atoms with Crippen molar-refractivity contribution in [1.82, 2.24) is 9.97 Å². The molecule has 0 unspecified atom stereocenters. The molecule has 0 bridgehead atoms. The highest BCUT2D eigenvalue weighted by Crippen LogP contribution is 2.04. The first-order chi connectivity index (χ1) is 5.61. The van der Waals surface area contributed by atoms with E-state index < -0.39 is 0 Å². The Hall–Kier alpha value is -0.120. The molecule has 0 spiro atoms. The van der Waals surface area contributed by atoms with Crippen molar-refractivity contribution in [2.45, 2.75) is 0 Å². The molecule has 1 aromatic heterocycles. The summed E-state index contributed by atoms with van der Waals surface area (Å²) in [5, 5.41) is 0. The van der Waals surface area contributed by atoms with Crippen molar-refractivity contribution in [1.29, 1.82) is 0 Å². The van der Waals surface area contributed by atoms with Crippen molar-refractivity contribution in [3.05, 3.63) is 23.8 Å². The molecule has 1 heterocycles. The molecule has 0 saturated heterocycles. The van der Waals surface area contributed by atoms with E-state index in [1.807, 2.05) is 0 Å². The van der Waals surface area contributed by atoms with E-state index in [1.54, 1.807) is 45.2 Å². The van der Waals surface area contributed by atoms with E-state index in [-0.39, 0.29) is 19.0 Å². The van der Waals surface area contributed by atoms with Gasteiger partial charge in [0.25, 0.3) is 0 Å². The fourth-order valence-electron chi connectivity index (χ4n) is 0.531. The Balaban J connectivity index is 3.01. The normalized spacial score (nSPS) is 9.50. The first kappa shape index (κ1) is 9.96. The number of hydrogen-bond acceptors (Lipinski definition) is 4. The van der Waals surface area contributed by atoms with Crippen LogP contribution in [0.3, 0.4) is 0 Å². The maximum Gasteiger partial charge on any atom is 0.242 e. The highest BCUT2D eigenvalue weighted by Gasteiger charge is 2.06. The van der Waals surface area contributed by atoms with Gasteiger partial charge in [0.05, 0.1) is 12.4 Å². The average Bonchev–Trinajstić information content (AvgIpc) is 2.04. The van der Waals surface area contributed by atoms with E-state index in [1.165, 1.54) is 12.4 Å². The molecular weight excluding hydrogens is 386 g/mol. The van der Waals surface area contributed by atoms with Crippen LogP contribution in [0.15, 0.2) is 12.4 Å². The number of aromatic nitrogens is 2. The SMILES string of the molecule is O=C(I)c1cnc(C(=O)I)cn1. The van der Waals surface area contributed by atoms with Crippen molar-refractivity contribution in [3.63, 3.8) is 0 Å². The van der Waals surface area contributed by atoms with Gasteiger partial charge in [0.1, 0.15) is 11.4 Å². The number of hydrogen-bond donors (Lipinski definition) is 0. The first-order valence-electron chi connectivity index (χ1n) is 2.83. The summed E-state index contributed by atoms with van der Waals surface area (Å²) in [5.41, 5.74) is 0.522. The minimum Gasteiger partial charge on any atom is -0.280 e. The lowest BCUT2D eigenvalue weighted by Crippen LogP contribution is -1.99. The van der Waals surface area contributed by atoms with Gasteiger partial charge in [0, 0.05) is 45.2 Å².